The first-order valence-corrected chi connectivity index (χ1v) is 11.2. The average molecular weight is 418 g/mol. The number of benzene rings is 2. The minimum Gasteiger partial charge on any atom is -0.493 e. The van der Waals surface area contributed by atoms with E-state index >= 15 is 0 Å². The Labute approximate surface area is 184 Å². The van der Waals surface area contributed by atoms with Gasteiger partial charge in [0.25, 0.3) is 0 Å². The average Bonchev–Trinajstić information content (AvgIpc) is 3.31. The highest BCUT2D eigenvalue weighted by molar-refractivity contribution is 5.47. The number of aliphatic hydroxyl groups is 1. The zero-order chi connectivity index (χ0) is 21.6. The number of aliphatic hydroxyl groups excluding tert-OH is 1. The van der Waals surface area contributed by atoms with Crippen molar-refractivity contribution in [2.75, 3.05) is 7.11 Å². The van der Waals surface area contributed by atoms with Crippen LogP contribution in [0.1, 0.15) is 66.9 Å². The van der Waals surface area contributed by atoms with Gasteiger partial charge < -0.3 is 14.6 Å². The Balaban J connectivity index is 1.69. The van der Waals surface area contributed by atoms with Gasteiger partial charge in [-0.15, -0.1) is 0 Å². The molecule has 0 saturated heterocycles. The summed E-state index contributed by atoms with van der Waals surface area (Å²) < 4.78 is 12.0. The van der Waals surface area contributed by atoms with Crippen molar-refractivity contribution in [3.8, 4) is 11.5 Å². The van der Waals surface area contributed by atoms with Gasteiger partial charge in [0.2, 0.25) is 0 Å². The molecule has 2 unspecified atom stereocenters. The highest BCUT2D eigenvalue weighted by Crippen LogP contribution is 2.37. The van der Waals surface area contributed by atoms with Crippen molar-refractivity contribution < 1.29 is 14.6 Å². The van der Waals surface area contributed by atoms with Gasteiger partial charge in [0, 0.05) is 18.3 Å². The van der Waals surface area contributed by atoms with Crippen LogP contribution in [0.3, 0.4) is 0 Å². The van der Waals surface area contributed by atoms with E-state index < -0.39 is 6.10 Å². The van der Waals surface area contributed by atoms with Crippen LogP contribution in [0.25, 0.3) is 0 Å². The van der Waals surface area contributed by atoms with Crippen LogP contribution in [0.15, 0.2) is 67.0 Å². The third-order valence-corrected chi connectivity index (χ3v) is 6.20. The minimum atomic E-state index is -0.472. The maximum Gasteiger partial charge on any atom is 0.161 e. The highest BCUT2D eigenvalue weighted by Gasteiger charge is 2.21. The fraction of sp³-hybridized carbons (Fsp3) is 0.370. The molecule has 4 heteroatoms. The first-order valence-electron chi connectivity index (χ1n) is 11.2. The molecule has 0 spiro atoms. The molecule has 1 heterocycles. The van der Waals surface area contributed by atoms with E-state index in [4.69, 9.17) is 9.47 Å². The third-order valence-electron chi connectivity index (χ3n) is 6.20. The van der Waals surface area contributed by atoms with Gasteiger partial charge in [-0.3, -0.25) is 4.98 Å². The van der Waals surface area contributed by atoms with Crippen LogP contribution in [0.5, 0.6) is 11.5 Å². The predicted molar refractivity (Wildman–Crippen MR) is 123 cm³/mol. The molecule has 1 fully saturated rings. The Morgan fingerprint density at radius 3 is 2.19 bits per heavy atom. The molecule has 3 aromatic rings. The second kappa shape index (κ2) is 9.97. The molecule has 1 aliphatic carbocycles. The predicted octanol–water partition coefficient (Wildman–Crippen LogP) is 5.84. The number of pyridine rings is 1. The maximum atomic E-state index is 9.90. The number of hydrogen-bond donors (Lipinski definition) is 1. The van der Waals surface area contributed by atoms with Gasteiger partial charge in [-0.05, 0) is 85.5 Å². The monoisotopic (exact) mass is 417 g/mol. The van der Waals surface area contributed by atoms with Crippen molar-refractivity contribution in [1.29, 1.82) is 0 Å². The molecule has 1 aromatic heterocycles. The third kappa shape index (κ3) is 5.26. The topological polar surface area (TPSA) is 51.6 Å². The molecule has 0 amide bonds. The molecular weight excluding hydrogens is 386 g/mol. The molecule has 31 heavy (non-hydrogen) atoms. The van der Waals surface area contributed by atoms with Gasteiger partial charge in [-0.1, -0.05) is 30.3 Å². The van der Waals surface area contributed by atoms with Gasteiger partial charge in [-0.25, -0.2) is 0 Å². The quantitative estimate of drug-likeness (QED) is 0.500. The number of ether oxygens (including phenoxy) is 2. The molecule has 2 atom stereocenters. The number of methoxy groups -OCH3 is 1. The number of rotatable bonds is 8. The fourth-order valence-corrected chi connectivity index (χ4v) is 4.38. The molecular formula is C27H31NO3. The van der Waals surface area contributed by atoms with Crippen LogP contribution in [-0.2, 0) is 6.42 Å². The number of nitrogens with zero attached hydrogens (tertiary/aromatic N) is 1. The summed E-state index contributed by atoms with van der Waals surface area (Å²) in [4.78, 5) is 4.16. The van der Waals surface area contributed by atoms with Crippen LogP contribution >= 0.6 is 0 Å². The van der Waals surface area contributed by atoms with Crippen molar-refractivity contribution in [3.63, 3.8) is 0 Å². The van der Waals surface area contributed by atoms with Crippen LogP contribution in [-0.4, -0.2) is 23.3 Å². The summed E-state index contributed by atoms with van der Waals surface area (Å²) in [5.41, 5.74) is 4.55. The molecule has 1 saturated carbocycles. The van der Waals surface area contributed by atoms with Crippen LogP contribution in [0, 0.1) is 0 Å². The summed E-state index contributed by atoms with van der Waals surface area (Å²) in [5.74, 6) is 1.76. The van der Waals surface area contributed by atoms with E-state index in [1.165, 1.54) is 29.5 Å². The lowest BCUT2D eigenvalue weighted by Gasteiger charge is -2.22. The van der Waals surface area contributed by atoms with E-state index in [9.17, 15) is 5.11 Å². The second-order valence-electron chi connectivity index (χ2n) is 8.39. The van der Waals surface area contributed by atoms with Gasteiger partial charge >= 0.3 is 0 Å². The van der Waals surface area contributed by atoms with E-state index in [1.54, 1.807) is 14.0 Å². The molecule has 2 aromatic carbocycles. The normalized spacial score (nSPS) is 16.1. The molecule has 0 aliphatic heterocycles. The van der Waals surface area contributed by atoms with Crippen molar-refractivity contribution >= 4 is 0 Å². The Bertz CT molecular complexity index is 964. The summed E-state index contributed by atoms with van der Waals surface area (Å²) >= 11 is 0. The molecule has 0 radical (unpaired) electrons. The lowest BCUT2D eigenvalue weighted by atomic mass is 9.85. The summed E-state index contributed by atoms with van der Waals surface area (Å²) in [6.45, 7) is 1.79. The summed E-state index contributed by atoms with van der Waals surface area (Å²) in [7, 11) is 1.69. The standard InChI is InChI=1S/C27H31NO3/c1-19(29)21-7-9-22(10-8-21)25(17-20-13-15-28-16-14-20)23-11-12-26(30-2)27(18-23)31-24-5-3-4-6-24/h7-16,18-19,24-25,29H,3-6,17H2,1-2H3. The number of aromatic nitrogens is 1. The maximum absolute atomic E-state index is 9.90. The van der Waals surface area contributed by atoms with E-state index in [-0.39, 0.29) is 12.0 Å². The van der Waals surface area contributed by atoms with Crippen molar-refractivity contribution in [2.45, 2.75) is 57.2 Å². The van der Waals surface area contributed by atoms with Crippen molar-refractivity contribution in [3.05, 3.63) is 89.2 Å². The van der Waals surface area contributed by atoms with Crippen molar-refractivity contribution in [2.24, 2.45) is 0 Å². The first-order chi connectivity index (χ1) is 15.1. The van der Waals surface area contributed by atoms with Gasteiger partial charge in [0.1, 0.15) is 0 Å². The van der Waals surface area contributed by atoms with Crippen molar-refractivity contribution in [1.82, 2.24) is 4.98 Å². The van der Waals surface area contributed by atoms with E-state index in [0.717, 1.165) is 36.3 Å². The van der Waals surface area contributed by atoms with Crippen LogP contribution < -0.4 is 9.47 Å². The molecule has 0 bridgehead atoms. The summed E-state index contributed by atoms with van der Waals surface area (Å²) in [5, 5.41) is 9.90. The van der Waals surface area contributed by atoms with Gasteiger partial charge in [-0.2, -0.15) is 0 Å². The highest BCUT2D eigenvalue weighted by atomic mass is 16.5. The largest absolute Gasteiger partial charge is 0.493 e. The zero-order valence-electron chi connectivity index (χ0n) is 18.3. The molecule has 162 valence electrons. The Morgan fingerprint density at radius 2 is 1.55 bits per heavy atom. The Morgan fingerprint density at radius 1 is 0.903 bits per heavy atom. The minimum absolute atomic E-state index is 0.155. The zero-order valence-corrected chi connectivity index (χ0v) is 18.3. The smallest absolute Gasteiger partial charge is 0.161 e. The Hall–Kier alpha value is -2.85. The van der Waals surface area contributed by atoms with E-state index in [0.29, 0.717) is 0 Å². The van der Waals surface area contributed by atoms with E-state index in [2.05, 4.69) is 41.4 Å². The Kier molecular flexibility index (Phi) is 6.88. The van der Waals surface area contributed by atoms with Crippen LogP contribution in [0.2, 0.25) is 0 Å². The molecule has 1 aliphatic rings. The molecule has 4 rings (SSSR count). The second-order valence-corrected chi connectivity index (χ2v) is 8.39. The van der Waals surface area contributed by atoms with Gasteiger partial charge in [0.15, 0.2) is 11.5 Å². The first kappa shape index (κ1) is 21.4. The molecule has 4 nitrogen and oxygen atoms in total. The lowest BCUT2D eigenvalue weighted by molar-refractivity contribution is 0.199. The number of hydrogen-bond acceptors (Lipinski definition) is 4. The lowest BCUT2D eigenvalue weighted by Crippen LogP contribution is -2.12. The SMILES string of the molecule is COc1ccc(C(Cc2ccncc2)c2ccc(C(C)O)cc2)cc1OC1CCCC1. The molecule has 1 N–H and O–H groups in total. The van der Waals surface area contributed by atoms with E-state index in [1.807, 2.05) is 30.6 Å². The van der Waals surface area contributed by atoms with Crippen LogP contribution in [0.4, 0.5) is 0 Å². The summed E-state index contributed by atoms with van der Waals surface area (Å²) in [6, 6.07) is 18.7. The fourth-order valence-electron chi connectivity index (χ4n) is 4.38. The summed E-state index contributed by atoms with van der Waals surface area (Å²) in [6.07, 6.45) is 9.00. The van der Waals surface area contributed by atoms with Gasteiger partial charge in [0.05, 0.1) is 19.3 Å².